The topological polar surface area (TPSA) is 123 Å². The van der Waals surface area contributed by atoms with Crippen molar-refractivity contribution >= 4 is 28.9 Å². The number of carbonyl (C=O) groups excluding carboxylic acids is 1. The molecule has 1 atom stereocenters. The number of aromatic hydroxyl groups is 1. The summed E-state index contributed by atoms with van der Waals surface area (Å²) in [4.78, 5) is 35.3. The van der Waals surface area contributed by atoms with Crippen LogP contribution in [0, 0.1) is 17.0 Å². The Morgan fingerprint density at radius 3 is 2.40 bits per heavy atom. The molecular formula is C21H17ClN2O6. The highest BCUT2D eigenvalue weighted by Crippen LogP contribution is 2.33. The molecule has 0 aliphatic carbocycles. The van der Waals surface area contributed by atoms with Gasteiger partial charge in [-0.25, -0.2) is 4.79 Å². The first-order valence-electron chi connectivity index (χ1n) is 8.88. The number of carbonyl (C=O) groups is 1. The zero-order valence-corrected chi connectivity index (χ0v) is 16.6. The molecule has 9 heteroatoms. The second kappa shape index (κ2) is 8.79. The molecule has 3 aromatic rings. The van der Waals surface area contributed by atoms with E-state index in [9.17, 15) is 24.8 Å². The summed E-state index contributed by atoms with van der Waals surface area (Å²) >= 11 is 5.94. The van der Waals surface area contributed by atoms with Crippen LogP contribution in [0.1, 0.15) is 29.2 Å². The van der Waals surface area contributed by atoms with E-state index in [2.05, 4.69) is 5.32 Å². The maximum atomic E-state index is 12.7. The predicted octanol–water partition coefficient (Wildman–Crippen LogP) is 4.38. The number of nitro benzene ring substituents is 1. The number of hydrogen-bond donors (Lipinski definition) is 2. The molecule has 2 aromatic carbocycles. The first kappa shape index (κ1) is 21.1. The van der Waals surface area contributed by atoms with Crippen molar-refractivity contribution in [3.63, 3.8) is 0 Å². The summed E-state index contributed by atoms with van der Waals surface area (Å²) in [6.45, 7) is 1.53. The number of anilines is 1. The van der Waals surface area contributed by atoms with Crippen LogP contribution < -0.4 is 10.9 Å². The average Bonchev–Trinajstić information content (AvgIpc) is 2.67. The maximum Gasteiger partial charge on any atom is 0.343 e. The molecule has 30 heavy (non-hydrogen) atoms. The van der Waals surface area contributed by atoms with Crippen LogP contribution in [0.25, 0.3) is 0 Å². The minimum atomic E-state index is -0.794. The van der Waals surface area contributed by atoms with Gasteiger partial charge in [-0.15, -0.1) is 0 Å². The fourth-order valence-corrected chi connectivity index (χ4v) is 3.20. The molecule has 1 unspecified atom stereocenters. The van der Waals surface area contributed by atoms with Crippen molar-refractivity contribution in [1.82, 2.24) is 0 Å². The number of benzene rings is 2. The third-order valence-electron chi connectivity index (χ3n) is 4.46. The van der Waals surface area contributed by atoms with Gasteiger partial charge in [0.1, 0.15) is 11.5 Å². The average molecular weight is 429 g/mol. The zero-order chi connectivity index (χ0) is 21.8. The standard InChI is InChI=1S/C21H17ClN2O6/c1-12-10-18(25)20(21(27)30-12)17(13-2-4-14(22)5-3-13)11-19(26)23-15-6-8-16(9-7-15)24(28)29/h2-10,17,25H,11H2,1H3,(H,23,26). The third kappa shape index (κ3) is 4.84. The molecular weight excluding hydrogens is 412 g/mol. The van der Waals surface area contributed by atoms with Crippen molar-refractivity contribution in [2.45, 2.75) is 19.3 Å². The van der Waals surface area contributed by atoms with Gasteiger partial charge in [0.05, 0.1) is 10.5 Å². The Morgan fingerprint density at radius 1 is 1.20 bits per heavy atom. The molecule has 8 nitrogen and oxygen atoms in total. The number of nitrogens with one attached hydrogen (secondary N) is 1. The Hall–Kier alpha value is -3.65. The Morgan fingerprint density at radius 2 is 1.83 bits per heavy atom. The van der Waals surface area contributed by atoms with Crippen LogP contribution in [0.3, 0.4) is 0 Å². The van der Waals surface area contributed by atoms with Crippen LogP contribution in [-0.2, 0) is 4.79 Å². The molecule has 0 fully saturated rings. The third-order valence-corrected chi connectivity index (χ3v) is 4.71. The van der Waals surface area contributed by atoms with Gasteiger partial charge in [-0.2, -0.15) is 0 Å². The Labute approximate surface area is 175 Å². The maximum absolute atomic E-state index is 12.7. The number of nitrogens with zero attached hydrogens (tertiary/aromatic N) is 1. The fourth-order valence-electron chi connectivity index (χ4n) is 3.07. The van der Waals surface area contributed by atoms with E-state index in [1.54, 1.807) is 24.3 Å². The minimum absolute atomic E-state index is 0.0400. The highest BCUT2D eigenvalue weighted by molar-refractivity contribution is 6.30. The number of nitro groups is 1. The number of amides is 1. The van der Waals surface area contributed by atoms with E-state index in [1.165, 1.54) is 37.3 Å². The molecule has 2 N–H and O–H groups in total. The normalized spacial score (nSPS) is 11.7. The zero-order valence-electron chi connectivity index (χ0n) is 15.8. The van der Waals surface area contributed by atoms with Gasteiger partial charge in [0.2, 0.25) is 5.91 Å². The Bertz CT molecular complexity index is 1140. The number of halogens is 1. The SMILES string of the molecule is Cc1cc(O)c(C(CC(=O)Nc2ccc([N+](=O)[O-])cc2)c2ccc(Cl)cc2)c(=O)o1. The van der Waals surface area contributed by atoms with E-state index in [4.69, 9.17) is 16.0 Å². The van der Waals surface area contributed by atoms with Crippen LogP contribution >= 0.6 is 11.6 Å². The van der Waals surface area contributed by atoms with Crippen molar-refractivity contribution in [2.75, 3.05) is 5.32 Å². The van der Waals surface area contributed by atoms with Gasteiger partial charge in [-0.1, -0.05) is 23.7 Å². The number of non-ortho nitro benzene ring substituents is 1. The van der Waals surface area contributed by atoms with E-state index < -0.39 is 22.4 Å². The fraction of sp³-hybridized carbons (Fsp3) is 0.143. The monoisotopic (exact) mass is 428 g/mol. The van der Waals surface area contributed by atoms with Gasteiger partial charge in [0, 0.05) is 41.2 Å². The molecule has 0 saturated heterocycles. The van der Waals surface area contributed by atoms with Gasteiger partial charge >= 0.3 is 5.63 Å². The molecule has 0 bridgehead atoms. The van der Waals surface area contributed by atoms with E-state index in [1.807, 2.05) is 0 Å². The first-order chi connectivity index (χ1) is 14.2. The molecule has 1 aromatic heterocycles. The Balaban J connectivity index is 1.91. The molecule has 154 valence electrons. The summed E-state index contributed by atoms with van der Waals surface area (Å²) in [5, 5.41) is 24.2. The van der Waals surface area contributed by atoms with E-state index >= 15 is 0 Å². The number of rotatable bonds is 6. The molecule has 0 saturated carbocycles. The molecule has 3 rings (SSSR count). The van der Waals surface area contributed by atoms with Gasteiger partial charge in [-0.3, -0.25) is 14.9 Å². The second-order valence-corrected chi connectivity index (χ2v) is 7.04. The molecule has 0 spiro atoms. The lowest BCUT2D eigenvalue weighted by molar-refractivity contribution is -0.384. The summed E-state index contributed by atoms with van der Waals surface area (Å²) in [7, 11) is 0. The highest BCUT2D eigenvalue weighted by Gasteiger charge is 2.26. The van der Waals surface area contributed by atoms with Gasteiger partial charge < -0.3 is 14.8 Å². The summed E-state index contributed by atoms with van der Waals surface area (Å²) in [6.07, 6.45) is -0.181. The van der Waals surface area contributed by atoms with Gasteiger partial charge in [0.15, 0.2) is 0 Å². The first-order valence-corrected chi connectivity index (χ1v) is 9.26. The molecule has 0 radical (unpaired) electrons. The van der Waals surface area contributed by atoms with Crippen LogP contribution in [0.2, 0.25) is 5.02 Å². The summed E-state index contributed by atoms with van der Waals surface area (Å²) in [5.41, 5.74) is 0.0666. The van der Waals surface area contributed by atoms with E-state index in [0.717, 1.165) is 0 Å². The lowest BCUT2D eigenvalue weighted by Gasteiger charge is -2.18. The van der Waals surface area contributed by atoms with Crippen LogP contribution in [0.4, 0.5) is 11.4 Å². The van der Waals surface area contributed by atoms with E-state index in [0.29, 0.717) is 16.3 Å². The summed E-state index contributed by atoms with van der Waals surface area (Å²) < 4.78 is 5.11. The van der Waals surface area contributed by atoms with Crippen LogP contribution in [0.15, 0.2) is 63.8 Å². The van der Waals surface area contributed by atoms with Crippen molar-refractivity contribution in [3.05, 3.63) is 97.0 Å². The summed E-state index contributed by atoms with van der Waals surface area (Å²) in [5.74, 6) is -1.28. The molecule has 0 aliphatic rings. The highest BCUT2D eigenvalue weighted by atomic mass is 35.5. The predicted molar refractivity (Wildman–Crippen MR) is 111 cm³/mol. The van der Waals surface area contributed by atoms with E-state index in [-0.39, 0.29) is 29.2 Å². The lowest BCUT2D eigenvalue weighted by Crippen LogP contribution is -2.21. The van der Waals surface area contributed by atoms with Gasteiger partial charge in [-0.05, 0) is 36.8 Å². The number of aryl methyl sites for hydroxylation is 1. The second-order valence-electron chi connectivity index (χ2n) is 6.60. The molecule has 0 aliphatic heterocycles. The van der Waals surface area contributed by atoms with Gasteiger partial charge in [0.25, 0.3) is 5.69 Å². The molecule has 1 amide bonds. The molecule has 1 heterocycles. The van der Waals surface area contributed by atoms with Crippen LogP contribution in [0.5, 0.6) is 5.75 Å². The van der Waals surface area contributed by atoms with Crippen molar-refractivity contribution in [2.24, 2.45) is 0 Å². The quantitative estimate of drug-likeness (QED) is 0.443. The Kier molecular flexibility index (Phi) is 6.17. The lowest BCUT2D eigenvalue weighted by atomic mass is 9.88. The minimum Gasteiger partial charge on any atom is -0.507 e. The summed E-state index contributed by atoms with van der Waals surface area (Å²) in [6, 6.07) is 13.2. The van der Waals surface area contributed by atoms with Crippen molar-refractivity contribution < 1.29 is 19.2 Å². The smallest absolute Gasteiger partial charge is 0.343 e. The largest absolute Gasteiger partial charge is 0.507 e. The van der Waals surface area contributed by atoms with Crippen LogP contribution in [-0.4, -0.2) is 15.9 Å². The van der Waals surface area contributed by atoms with Crippen molar-refractivity contribution in [3.8, 4) is 5.75 Å². The van der Waals surface area contributed by atoms with Crippen molar-refractivity contribution in [1.29, 1.82) is 0 Å². The number of hydrogen-bond acceptors (Lipinski definition) is 6.